The Morgan fingerprint density at radius 3 is 2.56 bits per heavy atom. The second kappa shape index (κ2) is 6.95. The standard InChI is InChI=1S/C21H19F2N3O/c1-13(17-10-9-15(22)11-18(17)23)24-21(27)20-12-19(14-7-8-14)25-26(20)16-5-3-2-4-6-16/h2-6,9-14H,7-8H2,1H3,(H,24,27)/t13-/m0/s1. The topological polar surface area (TPSA) is 46.9 Å². The highest BCUT2D eigenvalue weighted by molar-refractivity contribution is 5.93. The lowest BCUT2D eigenvalue weighted by molar-refractivity contribution is 0.0931. The second-order valence-corrected chi connectivity index (χ2v) is 6.84. The smallest absolute Gasteiger partial charge is 0.270 e. The number of nitrogens with one attached hydrogen (secondary N) is 1. The number of rotatable bonds is 5. The molecule has 0 saturated heterocycles. The van der Waals surface area contributed by atoms with Crippen molar-refractivity contribution in [2.75, 3.05) is 0 Å². The highest BCUT2D eigenvalue weighted by Crippen LogP contribution is 2.39. The number of hydrogen-bond donors (Lipinski definition) is 1. The zero-order chi connectivity index (χ0) is 19.0. The Balaban J connectivity index is 1.63. The molecule has 1 aliphatic rings. The predicted octanol–water partition coefficient (Wildman–Crippen LogP) is 4.52. The first-order valence-electron chi connectivity index (χ1n) is 8.94. The molecule has 0 aliphatic heterocycles. The van der Waals surface area contributed by atoms with Crippen LogP contribution in [0.2, 0.25) is 0 Å². The highest BCUT2D eigenvalue weighted by Gasteiger charge is 2.29. The SMILES string of the molecule is C[C@H](NC(=O)c1cc(C2CC2)nn1-c1ccccc1)c1ccc(F)cc1F. The van der Waals surface area contributed by atoms with Gasteiger partial charge in [-0.15, -0.1) is 0 Å². The number of nitrogens with zero attached hydrogens (tertiary/aromatic N) is 2. The van der Waals surface area contributed by atoms with Gasteiger partial charge in [0.25, 0.3) is 5.91 Å². The fraction of sp³-hybridized carbons (Fsp3) is 0.238. The van der Waals surface area contributed by atoms with Gasteiger partial charge in [0, 0.05) is 17.5 Å². The number of carbonyl (C=O) groups excluding carboxylic acids is 1. The van der Waals surface area contributed by atoms with E-state index in [1.807, 2.05) is 30.3 Å². The Kier molecular flexibility index (Phi) is 4.48. The molecule has 1 atom stereocenters. The van der Waals surface area contributed by atoms with Crippen LogP contribution in [0.15, 0.2) is 54.6 Å². The molecular formula is C21H19F2N3O. The van der Waals surface area contributed by atoms with Crippen LogP contribution in [0, 0.1) is 11.6 Å². The molecule has 4 rings (SSSR count). The van der Waals surface area contributed by atoms with E-state index in [-0.39, 0.29) is 11.5 Å². The third-order valence-electron chi connectivity index (χ3n) is 4.73. The maximum Gasteiger partial charge on any atom is 0.270 e. The van der Waals surface area contributed by atoms with Gasteiger partial charge < -0.3 is 5.32 Å². The van der Waals surface area contributed by atoms with Gasteiger partial charge in [-0.1, -0.05) is 24.3 Å². The molecule has 3 aromatic rings. The van der Waals surface area contributed by atoms with Crippen LogP contribution in [0.25, 0.3) is 5.69 Å². The molecule has 0 radical (unpaired) electrons. The Morgan fingerprint density at radius 1 is 1.15 bits per heavy atom. The first-order valence-corrected chi connectivity index (χ1v) is 8.94. The van der Waals surface area contributed by atoms with Crippen LogP contribution in [0.1, 0.15) is 53.5 Å². The van der Waals surface area contributed by atoms with Crippen molar-refractivity contribution in [1.29, 1.82) is 0 Å². The molecule has 2 aromatic carbocycles. The van der Waals surface area contributed by atoms with Crippen LogP contribution in [-0.2, 0) is 0 Å². The summed E-state index contributed by atoms with van der Waals surface area (Å²) in [6, 6.07) is 14.0. The molecule has 138 valence electrons. The van der Waals surface area contributed by atoms with E-state index in [0.29, 0.717) is 11.6 Å². The van der Waals surface area contributed by atoms with Gasteiger partial charge >= 0.3 is 0 Å². The number of aromatic nitrogens is 2. The normalized spacial score (nSPS) is 14.8. The molecule has 1 aliphatic carbocycles. The minimum absolute atomic E-state index is 0.234. The van der Waals surface area contributed by atoms with E-state index in [2.05, 4.69) is 10.4 Å². The predicted molar refractivity (Wildman–Crippen MR) is 97.8 cm³/mol. The molecule has 0 bridgehead atoms. The third-order valence-corrected chi connectivity index (χ3v) is 4.73. The van der Waals surface area contributed by atoms with Crippen LogP contribution < -0.4 is 5.32 Å². The Morgan fingerprint density at radius 2 is 1.89 bits per heavy atom. The number of hydrogen-bond acceptors (Lipinski definition) is 2. The maximum absolute atomic E-state index is 14.0. The summed E-state index contributed by atoms with van der Waals surface area (Å²) in [6.07, 6.45) is 2.15. The number of benzene rings is 2. The number of carbonyl (C=O) groups is 1. The first-order chi connectivity index (χ1) is 13.0. The van der Waals surface area contributed by atoms with Gasteiger partial charge in [-0.2, -0.15) is 5.10 Å². The van der Waals surface area contributed by atoms with Crippen LogP contribution in [0.5, 0.6) is 0 Å². The van der Waals surface area contributed by atoms with Crippen molar-refractivity contribution in [3.63, 3.8) is 0 Å². The van der Waals surface area contributed by atoms with E-state index in [9.17, 15) is 13.6 Å². The third kappa shape index (κ3) is 3.60. The maximum atomic E-state index is 14.0. The first kappa shape index (κ1) is 17.4. The summed E-state index contributed by atoms with van der Waals surface area (Å²) >= 11 is 0. The average molecular weight is 367 g/mol. The molecule has 1 heterocycles. The minimum atomic E-state index is -0.682. The van der Waals surface area contributed by atoms with Crippen molar-refractivity contribution in [2.45, 2.75) is 31.7 Å². The van der Waals surface area contributed by atoms with E-state index in [4.69, 9.17) is 0 Å². The van der Waals surface area contributed by atoms with Gasteiger partial charge in [-0.25, -0.2) is 13.5 Å². The molecule has 1 saturated carbocycles. The average Bonchev–Trinajstić information content (AvgIpc) is 3.40. The lowest BCUT2D eigenvalue weighted by Crippen LogP contribution is -2.29. The van der Waals surface area contributed by atoms with E-state index in [1.54, 1.807) is 17.7 Å². The van der Waals surface area contributed by atoms with Gasteiger partial charge in [0.05, 0.1) is 17.4 Å². The zero-order valence-corrected chi connectivity index (χ0v) is 14.8. The molecule has 1 N–H and O–H groups in total. The highest BCUT2D eigenvalue weighted by atomic mass is 19.1. The van der Waals surface area contributed by atoms with Gasteiger partial charge in [-0.3, -0.25) is 4.79 Å². The van der Waals surface area contributed by atoms with Gasteiger partial charge in [0.15, 0.2) is 0 Å². The number of amides is 1. The Labute approximate surface area is 155 Å². The minimum Gasteiger partial charge on any atom is -0.344 e. The second-order valence-electron chi connectivity index (χ2n) is 6.84. The fourth-order valence-corrected chi connectivity index (χ4v) is 3.11. The van der Waals surface area contributed by atoms with E-state index in [1.165, 1.54) is 12.1 Å². The van der Waals surface area contributed by atoms with Gasteiger partial charge in [0.1, 0.15) is 17.3 Å². The summed E-state index contributed by atoms with van der Waals surface area (Å²) in [5.41, 5.74) is 2.31. The zero-order valence-electron chi connectivity index (χ0n) is 14.8. The van der Waals surface area contributed by atoms with Crippen LogP contribution in [0.4, 0.5) is 8.78 Å². The van der Waals surface area contributed by atoms with Crippen molar-refractivity contribution in [2.24, 2.45) is 0 Å². The van der Waals surface area contributed by atoms with Crippen LogP contribution in [-0.4, -0.2) is 15.7 Å². The Hall–Kier alpha value is -3.02. The molecule has 0 unspecified atom stereocenters. The fourth-order valence-electron chi connectivity index (χ4n) is 3.11. The van der Waals surface area contributed by atoms with Gasteiger partial charge in [-0.05, 0) is 44.0 Å². The molecule has 1 aromatic heterocycles. The lowest BCUT2D eigenvalue weighted by Gasteiger charge is -2.15. The van der Waals surface area contributed by atoms with Crippen molar-refractivity contribution in [3.05, 3.63) is 83.2 Å². The monoisotopic (exact) mass is 367 g/mol. The molecule has 27 heavy (non-hydrogen) atoms. The summed E-state index contributed by atoms with van der Waals surface area (Å²) in [4.78, 5) is 12.9. The van der Waals surface area contributed by atoms with Gasteiger partial charge in [0.2, 0.25) is 0 Å². The van der Waals surface area contributed by atoms with Crippen molar-refractivity contribution < 1.29 is 13.6 Å². The molecular weight excluding hydrogens is 348 g/mol. The summed E-state index contributed by atoms with van der Waals surface area (Å²) < 4.78 is 28.8. The van der Waals surface area contributed by atoms with Crippen molar-refractivity contribution in [3.8, 4) is 5.69 Å². The van der Waals surface area contributed by atoms with Crippen molar-refractivity contribution in [1.82, 2.24) is 15.1 Å². The molecule has 0 spiro atoms. The number of para-hydroxylation sites is 1. The summed E-state index contributed by atoms with van der Waals surface area (Å²) in [5, 5.41) is 7.40. The van der Waals surface area contributed by atoms with E-state index in [0.717, 1.165) is 30.3 Å². The lowest BCUT2D eigenvalue weighted by atomic mass is 10.1. The van der Waals surface area contributed by atoms with Crippen LogP contribution >= 0.6 is 0 Å². The summed E-state index contributed by atoms with van der Waals surface area (Å²) in [6.45, 7) is 1.67. The quantitative estimate of drug-likeness (QED) is 0.721. The molecule has 4 nitrogen and oxygen atoms in total. The molecule has 1 fully saturated rings. The summed E-state index contributed by atoms with van der Waals surface area (Å²) in [7, 11) is 0. The molecule has 1 amide bonds. The summed E-state index contributed by atoms with van der Waals surface area (Å²) in [5.74, 6) is -1.29. The number of halogens is 2. The van der Waals surface area contributed by atoms with E-state index < -0.39 is 17.7 Å². The molecule has 6 heteroatoms. The van der Waals surface area contributed by atoms with Crippen molar-refractivity contribution >= 4 is 5.91 Å². The Bertz CT molecular complexity index is 980. The van der Waals surface area contributed by atoms with E-state index >= 15 is 0 Å². The van der Waals surface area contributed by atoms with Crippen LogP contribution in [0.3, 0.4) is 0 Å². The largest absolute Gasteiger partial charge is 0.344 e.